The van der Waals surface area contributed by atoms with Gasteiger partial charge < -0.3 is 15.0 Å². The molecule has 6 nitrogen and oxygen atoms in total. The summed E-state index contributed by atoms with van der Waals surface area (Å²) in [5.41, 5.74) is 0.851. The van der Waals surface area contributed by atoms with E-state index < -0.39 is 0 Å². The fraction of sp³-hybridized carbons (Fsp3) is 0.565. The maximum atomic E-state index is 13.6. The van der Waals surface area contributed by atoms with E-state index in [0.29, 0.717) is 11.7 Å². The fourth-order valence-corrected chi connectivity index (χ4v) is 4.68. The monoisotopic (exact) mass is 414 g/mol. The number of hydrogen-bond donors (Lipinski definition) is 1. The molecule has 2 aliphatic heterocycles. The molecule has 0 bridgehead atoms. The first-order valence-electron chi connectivity index (χ1n) is 11.1. The summed E-state index contributed by atoms with van der Waals surface area (Å²) in [5, 5.41) is 7.47. The first-order chi connectivity index (χ1) is 14.7. The predicted octanol–water partition coefficient (Wildman–Crippen LogP) is 3.02. The summed E-state index contributed by atoms with van der Waals surface area (Å²) in [6, 6.07) is 6.71. The molecule has 1 aromatic carbocycles. The van der Waals surface area contributed by atoms with Gasteiger partial charge in [0, 0.05) is 38.1 Å². The molecule has 0 radical (unpaired) electrons. The highest BCUT2D eigenvalue weighted by Gasteiger charge is 2.30. The second kappa shape index (κ2) is 10.1. The van der Waals surface area contributed by atoms with Gasteiger partial charge in [-0.1, -0.05) is 6.42 Å². The highest BCUT2D eigenvalue weighted by molar-refractivity contribution is 5.78. The Hall–Kier alpha value is -2.41. The molecule has 0 aliphatic carbocycles. The van der Waals surface area contributed by atoms with E-state index in [1.165, 1.54) is 12.1 Å². The lowest BCUT2D eigenvalue weighted by Gasteiger charge is -2.39. The van der Waals surface area contributed by atoms with E-state index in [1.807, 2.05) is 23.1 Å². The molecule has 1 fully saturated rings. The van der Waals surface area contributed by atoms with E-state index in [9.17, 15) is 9.18 Å². The van der Waals surface area contributed by atoms with Gasteiger partial charge in [-0.3, -0.25) is 9.48 Å². The number of aromatic nitrogens is 2. The zero-order chi connectivity index (χ0) is 20.8. The van der Waals surface area contributed by atoms with Gasteiger partial charge in [-0.15, -0.1) is 0 Å². The van der Waals surface area contributed by atoms with E-state index in [1.54, 1.807) is 6.07 Å². The van der Waals surface area contributed by atoms with Crippen molar-refractivity contribution < 1.29 is 13.9 Å². The normalized spacial score (nSPS) is 23.3. The van der Waals surface area contributed by atoms with Gasteiger partial charge >= 0.3 is 0 Å². The number of ether oxygens (including phenoxy) is 1. The van der Waals surface area contributed by atoms with Gasteiger partial charge in [0.2, 0.25) is 0 Å². The second-order valence-electron chi connectivity index (χ2n) is 8.43. The Bertz CT molecular complexity index is 827. The molecule has 2 atom stereocenters. The van der Waals surface area contributed by atoms with Crippen LogP contribution in [-0.4, -0.2) is 52.9 Å². The molecule has 2 aromatic rings. The molecular weight excluding hydrogens is 383 g/mol. The molecular formula is C23H31FN4O2. The van der Waals surface area contributed by atoms with Crippen LogP contribution in [0.4, 0.5) is 4.39 Å². The fourth-order valence-electron chi connectivity index (χ4n) is 4.68. The first kappa shape index (κ1) is 20.8. The van der Waals surface area contributed by atoms with Crippen LogP contribution < -0.4 is 10.1 Å². The number of piperidine rings is 1. The molecule has 162 valence electrons. The molecule has 0 unspecified atom stereocenters. The summed E-state index contributed by atoms with van der Waals surface area (Å²) in [4.78, 5) is 15.0. The Balaban J connectivity index is 1.34. The van der Waals surface area contributed by atoms with E-state index in [2.05, 4.69) is 15.3 Å². The minimum absolute atomic E-state index is 0.0184. The molecule has 1 saturated heterocycles. The number of amides is 1. The zero-order valence-corrected chi connectivity index (χ0v) is 17.4. The molecule has 1 N–H and O–H groups in total. The molecule has 1 aromatic heterocycles. The van der Waals surface area contributed by atoms with Crippen LogP contribution >= 0.6 is 0 Å². The molecule has 7 heteroatoms. The molecule has 0 spiro atoms. The molecule has 0 saturated carbocycles. The summed E-state index contributed by atoms with van der Waals surface area (Å²) < 4.78 is 21.3. The van der Waals surface area contributed by atoms with Crippen molar-refractivity contribution in [3.63, 3.8) is 0 Å². The average Bonchev–Trinajstić information content (AvgIpc) is 3.25. The van der Waals surface area contributed by atoms with Crippen molar-refractivity contribution in [1.82, 2.24) is 20.0 Å². The number of nitrogens with zero attached hydrogens (tertiary/aromatic N) is 3. The Labute approximate surface area is 177 Å². The third-order valence-electron chi connectivity index (χ3n) is 6.24. The molecule has 4 rings (SSSR count). The quantitative estimate of drug-likeness (QED) is 0.836. The van der Waals surface area contributed by atoms with Gasteiger partial charge in [0.15, 0.2) is 6.61 Å². The number of fused-ring (bicyclic) bond motifs is 2. The lowest BCUT2D eigenvalue weighted by Crippen LogP contribution is -2.52. The number of carbonyl (C=O) groups excluding carboxylic acids is 1. The highest BCUT2D eigenvalue weighted by atomic mass is 19.1. The van der Waals surface area contributed by atoms with E-state index >= 15 is 0 Å². The van der Waals surface area contributed by atoms with Crippen molar-refractivity contribution in [3.8, 4) is 5.75 Å². The van der Waals surface area contributed by atoms with Crippen molar-refractivity contribution in [2.45, 2.75) is 51.1 Å². The minimum Gasteiger partial charge on any atom is -0.483 e. The lowest BCUT2D eigenvalue weighted by atomic mass is 9.87. The van der Waals surface area contributed by atoms with Crippen molar-refractivity contribution >= 4 is 5.91 Å². The number of nitrogens with one attached hydrogen (secondary N) is 1. The third-order valence-corrected chi connectivity index (χ3v) is 6.24. The standard InChI is InChI=1S/C23H31FN4O2/c24-20-7-8-22-18(15-20)5-1-2-6-19-16-27(11-4-13-28-12-3-10-25-28)14-9-21(19)26-23(29)17-30-22/h3,7-8,10,12,15,19,21H,1-2,4-6,9,11,13-14,16-17H2,(H,26,29)/t19-,21+/m1/s1. The summed E-state index contributed by atoms with van der Waals surface area (Å²) in [6.07, 6.45) is 9.77. The van der Waals surface area contributed by atoms with E-state index in [-0.39, 0.29) is 24.4 Å². The smallest absolute Gasteiger partial charge is 0.258 e. The molecule has 2 aliphatic rings. The minimum atomic E-state index is -0.257. The van der Waals surface area contributed by atoms with Gasteiger partial charge in [-0.25, -0.2) is 4.39 Å². The molecule has 1 amide bonds. The molecule has 3 heterocycles. The Morgan fingerprint density at radius 3 is 3.03 bits per heavy atom. The van der Waals surface area contributed by atoms with Crippen LogP contribution in [0, 0.1) is 11.7 Å². The maximum Gasteiger partial charge on any atom is 0.258 e. The van der Waals surface area contributed by atoms with Gasteiger partial charge in [0.25, 0.3) is 5.91 Å². The Morgan fingerprint density at radius 2 is 2.17 bits per heavy atom. The summed E-state index contributed by atoms with van der Waals surface area (Å²) in [5.74, 6) is 0.717. The topological polar surface area (TPSA) is 59.4 Å². The average molecular weight is 415 g/mol. The Morgan fingerprint density at radius 1 is 1.23 bits per heavy atom. The second-order valence-corrected chi connectivity index (χ2v) is 8.43. The maximum absolute atomic E-state index is 13.6. The van der Waals surface area contributed by atoms with Crippen LogP contribution in [-0.2, 0) is 17.8 Å². The van der Waals surface area contributed by atoms with Gasteiger partial charge in [-0.2, -0.15) is 5.10 Å². The van der Waals surface area contributed by atoms with Crippen LogP contribution in [0.3, 0.4) is 0 Å². The van der Waals surface area contributed by atoms with Crippen LogP contribution in [0.5, 0.6) is 5.75 Å². The largest absolute Gasteiger partial charge is 0.483 e. The number of benzene rings is 1. The van der Waals surface area contributed by atoms with E-state index in [0.717, 1.165) is 70.3 Å². The third kappa shape index (κ3) is 5.59. The van der Waals surface area contributed by atoms with E-state index in [4.69, 9.17) is 4.74 Å². The highest BCUT2D eigenvalue weighted by Crippen LogP contribution is 2.26. The van der Waals surface area contributed by atoms with Crippen molar-refractivity contribution in [1.29, 1.82) is 0 Å². The molecule has 30 heavy (non-hydrogen) atoms. The SMILES string of the molecule is O=C1COc2ccc(F)cc2CCCC[C@@H]2CN(CCCn3cccn3)CC[C@@H]2N1. The summed E-state index contributed by atoms with van der Waals surface area (Å²) in [6.45, 7) is 3.98. The van der Waals surface area contributed by atoms with Gasteiger partial charge in [0.05, 0.1) is 0 Å². The number of rotatable bonds is 4. The number of carbonyl (C=O) groups is 1. The summed E-state index contributed by atoms with van der Waals surface area (Å²) >= 11 is 0. The number of aryl methyl sites for hydroxylation is 2. The van der Waals surface area contributed by atoms with Gasteiger partial charge in [-0.05, 0) is 74.4 Å². The van der Waals surface area contributed by atoms with Crippen LogP contribution in [0.1, 0.15) is 37.7 Å². The van der Waals surface area contributed by atoms with Crippen LogP contribution in [0.2, 0.25) is 0 Å². The zero-order valence-electron chi connectivity index (χ0n) is 17.4. The first-order valence-corrected chi connectivity index (χ1v) is 11.1. The van der Waals surface area contributed by atoms with Crippen LogP contribution in [0.15, 0.2) is 36.7 Å². The number of hydrogen-bond acceptors (Lipinski definition) is 4. The van der Waals surface area contributed by atoms with Gasteiger partial charge in [0.1, 0.15) is 11.6 Å². The lowest BCUT2D eigenvalue weighted by molar-refractivity contribution is -0.124. The predicted molar refractivity (Wildman–Crippen MR) is 113 cm³/mol. The van der Waals surface area contributed by atoms with Crippen molar-refractivity contribution in [2.75, 3.05) is 26.2 Å². The van der Waals surface area contributed by atoms with Crippen LogP contribution in [0.25, 0.3) is 0 Å². The number of halogens is 1. The van der Waals surface area contributed by atoms with Crippen molar-refractivity contribution in [3.05, 3.63) is 48.0 Å². The Kier molecular flexibility index (Phi) is 7.00. The number of likely N-dealkylation sites (tertiary alicyclic amines) is 1. The van der Waals surface area contributed by atoms with Crippen molar-refractivity contribution in [2.24, 2.45) is 5.92 Å². The summed E-state index contributed by atoms with van der Waals surface area (Å²) in [7, 11) is 0.